The zero-order chi connectivity index (χ0) is 27.7. The molecular formula is C38H44O2. The average Bonchev–Trinajstić information content (AvgIpc) is 3.80. The Labute approximate surface area is 240 Å². The second-order valence-electron chi connectivity index (χ2n) is 12.6. The van der Waals surface area contributed by atoms with Gasteiger partial charge in [-0.15, -0.1) is 0 Å². The van der Waals surface area contributed by atoms with E-state index in [4.69, 9.17) is 4.74 Å². The molecule has 3 aliphatic rings. The molecule has 2 fully saturated rings. The Morgan fingerprint density at radius 2 is 1.73 bits per heavy atom. The summed E-state index contributed by atoms with van der Waals surface area (Å²) in [4.78, 5) is 0. The number of benzene rings is 3. The van der Waals surface area contributed by atoms with Crippen LogP contribution < -0.4 is 15.2 Å². The lowest BCUT2D eigenvalue weighted by molar-refractivity contribution is 0.409. The third-order valence-electron chi connectivity index (χ3n) is 9.92. The number of phenols is 1. The number of fused-ring (bicyclic) bond motifs is 1. The van der Waals surface area contributed by atoms with Crippen molar-refractivity contribution in [3.63, 3.8) is 0 Å². The van der Waals surface area contributed by atoms with Gasteiger partial charge in [0.15, 0.2) is 0 Å². The summed E-state index contributed by atoms with van der Waals surface area (Å²) in [7, 11) is 1.73. The number of allylic oxidation sites excluding steroid dienone is 2. The summed E-state index contributed by atoms with van der Waals surface area (Å²) in [6, 6.07) is 20.0. The first-order valence-corrected chi connectivity index (χ1v) is 15.4. The normalized spacial score (nSPS) is 21.6. The van der Waals surface area contributed by atoms with E-state index in [-0.39, 0.29) is 5.41 Å². The quantitative estimate of drug-likeness (QED) is 0.315. The molecule has 0 radical (unpaired) electrons. The van der Waals surface area contributed by atoms with Crippen LogP contribution in [0.25, 0.3) is 12.2 Å². The van der Waals surface area contributed by atoms with E-state index in [2.05, 4.69) is 80.6 Å². The van der Waals surface area contributed by atoms with Crippen molar-refractivity contribution in [2.45, 2.75) is 89.4 Å². The van der Waals surface area contributed by atoms with E-state index in [1.807, 2.05) is 6.07 Å². The number of rotatable bonds is 7. The third-order valence-corrected chi connectivity index (χ3v) is 9.92. The molecule has 0 spiro atoms. The highest BCUT2D eigenvalue weighted by Gasteiger charge is 2.46. The Balaban J connectivity index is 1.30. The molecule has 208 valence electrons. The van der Waals surface area contributed by atoms with Crippen molar-refractivity contribution >= 4 is 12.2 Å². The molecular weight excluding hydrogens is 488 g/mol. The Morgan fingerprint density at radius 1 is 0.900 bits per heavy atom. The molecule has 3 aromatic rings. The monoisotopic (exact) mass is 532 g/mol. The van der Waals surface area contributed by atoms with E-state index in [0.29, 0.717) is 5.75 Å². The van der Waals surface area contributed by atoms with Crippen molar-refractivity contribution < 1.29 is 9.84 Å². The minimum absolute atomic E-state index is 0.106. The van der Waals surface area contributed by atoms with Crippen LogP contribution >= 0.6 is 0 Å². The van der Waals surface area contributed by atoms with Gasteiger partial charge in [0.25, 0.3) is 0 Å². The minimum Gasteiger partial charge on any atom is -0.508 e. The van der Waals surface area contributed by atoms with Crippen LogP contribution in [-0.4, -0.2) is 12.2 Å². The van der Waals surface area contributed by atoms with Gasteiger partial charge in [0, 0.05) is 11.0 Å². The lowest BCUT2D eigenvalue weighted by Crippen LogP contribution is -2.29. The molecule has 0 saturated heterocycles. The lowest BCUT2D eigenvalue weighted by Gasteiger charge is -2.20. The molecule has 0 aliphatic heterocycles. The van der Waals surface area contributed by atoms with Crippen LogP contribution in [0.3, 0.4) is 0 Å². The van der Waals surface area contributed by atoms with Gasteiger partial charge in [0.1, 0.15) is 11.5 Å². The molecule has 2 saturated carbocycles. The molecule has 6 rings (SSSR count). The van der Waals surface area contributed by atoms with Gasteiger partial charge < -0.3 is 9.84 Å². The predicted octanol–water partition coefficient (Wildman–Crippen LogP) is 7.80. The SMILES string of the molecule is COc1ccc(C)cc1CCc1c(O)ccc2c1=CC(C1(c3ccc(C4CCCC(C)CC4)cc3)CC1)=CCC=2. The lowest BCUT2D eigenvalue weighted by atomic mass is 9.84. The van der Waals surface area contributed by atoms with Gasteiger partial charge in [-0.2, -0.15) is 0 Å². The highest BCUT2D eigenvalue weighted by atomic mass is 16.5. The fraction of sp³-hybridized carbons (Fsp3) is 0.421. The smallest absolute Gasteiger partial charge is 0.122 e. The van der Waals surface area contributed by atoms with Gasteiger partial charge in [-0.25, -0.2) is 0 Å². The molecule has 2 nitrogen and oxygen atoms in total. The fourth-order valence-electron chi connectivity index (χ4n) is 7.27. The molecule has 40 heavy (non-hydrogen) atoms. The first-order valence-electron chi connectivity index (χ1n) is 15.4. The topological polar surface area (TPSA) is 29.5 Å². The molecule has 3 aromatic carbocycles. The summed E-state index contributed by atoms with van der Waals surface area (Å²) in [5, 5.41) is 13.5. The van der Waals surface area contributed by atoms with Crippen LogP contribution in [0.5, 0.6) is 11.5 Å². The minimum atomic E-state index is 0.106. The van der Waals surface area contributed by atoms with E-state index >= 15 is 0 Å². The van der Waals surface area contributed by atoms with Crippen LogP contribution in [0.1, 0.15) is 92.0 Å². The van der Waals surface area contributed by atoms with E-state index in [0.717, 1.165) is 42.4 Å². The second-order valence-corrected chi connectivity index (χ2v) is 12.6. The first-order chi connectivity index (χ1) is 19.5. The van der Waals surface area contributed by atoms with E-state index < -0.39 is 0 Å². The average molecular weight is 533 g/mol. The third kappa shape index (κ3) is 5.38. The molecule has 0 heterocycles. The molecule has 3 aliphatic carbocycles. The van der Waals surface area contributed by atoms with Crippen LogP contribution in [-0.2, 0) is 18.3 Å². The summed E-state index contributed by atoms with van der Waals surface area (Å²) >= 11 is 0. The zero-order valence-corrected chi connectivity index (χ0v) is 24.5. The largest absolute Gasteiger partial charge is 0.508 e. The number of phenolic OH excluding ortho intramolecular Hbond substituents is 1. The van der Waals surface area contributed by atoms with Crippen molar-refractivity contribution in [1.29, 1.82) is 0 Å². The summed E-state index contributed by atoms with van der Waals surface area (Å²) < 4.78 is 5.64. The second kappa shape index (κ2) is 11.3. The van der Waals surface area contributed by atoms with Crippen LogP contribution in [0, 0.1) is 12.8 Å². The number of ether oxygens (including phenoxy) is 1. The summed E-state index contributed by atoms with van der Waals surface area (Å²) in [5.41, 5.74) is 7.97. The summed E-state index contributed by atoms with van der Waals surface area (Å²) in [6.45, 7) is 4.53. The fourth-order valence-corrected chi connectivity index (χ4v) is 7.27. The van der Waals surface area contributed by atoms with Gasteiger partial charge in [0.2, 0.25) is 0 Å². The van der Waals surface area contributed by atoms with Crippen molar-refractivity contribution in [3.8, 4) is 11.5 Å². The molecule has 2 heteroatoms. The summed E-state index contributed by atoms with van der Waals surface area (Å²) in [6.07, 6.45) is 18.8. The van der Waals surface area contributed by atoms with E-state index in [1.54, 1.807) is 7.11 Å². The molecule has 0 amide bonds. The van der Waals surface area contributed by atoms with Gasteiger partial charge in [-0.3, -0.25) is 0 Å². The van der Waals surface area contributed by atoms with Gasteiger partial charge in [-0.1, -0.05) is 92.4 Å². The highest BCUT2D eigenvalue weighted by molar-refractivity contribution is 5.64. The predicted molar refractivity (Wildman–Crippen MR) is 166 cm³/mol. The molecule has 2 atom stereocenters. The molecule has 0 bridgehead atoms. The first kappa shape index (κ1) is 26.9. The van der Waals surface area contributed by atoms with Crippen molar-refractivity contribution in [1.82, 2.24) is 0 Å². The number of hydrogen-bond acceptors (Lipinski definition) is 2. The van der Waals surface area contributed by atoms with Gasteiger partial charge in [0.05, 0.1) is 7.11 Å². The standard InChI is InChI=1S/C38H44O2/c1-26-6-4-7-28(12-10-26)29-13-17-32(18-14-29)38(22-23-38)33-9-5-8-30-16-20-36(39)34(35(30)25-33)19-15-31-24-27(2)11-21-37(31)40-3/h8-9,11,13-14,16-18,20-21,24-26,28,39H,4-7,10,12,15,19,22-23H2,1-3H3. The Bertz CT molecular complexity index is 1520. The van der Waals surface area contributed by atoms with E-state index in [9.17, 15) is 5.11 Å². The van der Waals surface area contributed by atoms with E-state index in [1.165, 1.54) is 83.2 Å². The van der Waals surface area contributed by atoms with Crippen LogP contribution in [0.4, 0.5) is 0 Å². The summed E-state index contributed by atoms with van der Waals surface area (Å²) in [5.74, 6) is 2.90. The molecule has 0 aromatic heterocycles. The highest BCUT2D eigenvalue weighted by Crippen LogP contribution is 2.55. The Kier molecular flexibility index (Phi) is 7.62. The van der Waals surface area contributed by atoms with Gasteiger partial charge >= 0.3 is 0 Å². The zero-order valence-electron chi connectivity index (χ0n) is 24.5. The maximum absolute atomic E-state index is 11.0. The maximum Gasteiger partial charge on any atom is 0.122 e. The number of aromatic hydroxyl groups is 1. The molecule has 1 N–H and O–H groups in total. The number of methoxy groups -OCH3 is 1. The van der Waals surface area contributed by atoms with Gasteiger partial charge in [-0.05, 0) is 109 Å². The molecule has 2 unspecified atom stereocenters. The maximum atomic E-state index is 11.0. The van der Waals surface area contributed by atoms with Crippen molar-refractivity contribution in [2.24, 2.45) is 5.92 Å². The van der Waals surface area contributed by atoms with Crippen LogP contribution in [0.15, 0.2) is 66.2 Å². The number of hydrogen-bond donors (Lipinski definition) is 1. The Hall–Kier alpha value is -3.26. The Morgan fingerprint density at radius 3 is 2.50 bits per heavy atom. The van der Waals surface area contributed by atoms with Crippen molar-refractivity contribution in [2.75, 3.05) is 7.11 Å². The number of aryl methyl sites for hydroxylation is 2. The van der Waals surface area contributed by atoms with Crippen LogP contribution in [0.2, 0.25) is 0 Å². The van der Waals surface area contributed by atoms with Crippen molar-refractivity contribution in [3.05, 3.63) is 105 Å².